The summed E-state index contributed by atoms with van der Waals surface area (Å²) in [5.74, 6) is -0.724. The van der Waals surface area contributed by atoms with Crippen molar-refractivity contribution in [3.8, 4) is 5.75 Å². The van der Waals surface area contributed by atoms with Gasteiger partial charge in [0.25, 0.3) is 5.91 Å². The third-order valence-corrected chi connectivity index (χ3v) is 5.57. The Balaban J connectivity index is 1.54. The molecule has 0 saturated heterocycles. The first-order chi connectivity index (χ1) is 14.3. The Labute approximate surface area is 178 Å². The number of carbonyl (C=O) groups excluding carboxylic acids is 2. The second-order valence-electron chi connectivity index (χ2n) is 7.29. The van der Waals surface area contributed by atoms with Gasteiger partial charge in [0.05, 0.1) is 5.41 Å². The van der Waals surface area contributed by atoms with Gasteiger partial charge in [0.1, 0.15) is 5.75 Å². The van der Waals surface area contributed by atoms with Crippen LogP contribution in [0.25, 0.3) is 0 Å². The highest BCUT2D eigenvalue weighted by Crippen LogP contribution is 2.45. The molecule has 0 aromatic heterocycles. The van der Waals surface area contributed by atoms with Crippen LogP contribution in [0.15, 0.2) is 48.5 Å². The molecular formula is C22H22ClF2NO4. The van der Waals surface area contributed by atoms with Crippen LogP contribution in [-0.2, 0) is 26.3 Å². The Morgan fingerprint density at radius 1 is 1.10 bits per heavy atom. The van der Waals surface area contributed by atoms with Gasteiger partial charge in [0.2, 0.25) is 0 Å². The van der Waals surface area contributed by atoms with Crippen molar-refractivity contribution in [1.82, 2.24) is 4.90 Å². The first-order valence-corrected chi connectivity index (χ1v) is 9.89. The van der Waals surface area contributed by atoms with Gasteiger partial charge in [-0.3, -0.25) is 9.59 Å². The summed E-state index contributed by atoms with van der Waals surface area (Å²) >= 11 is 5.93. The topological polar surface area (TPSA) is 55.8 Å². The molecule has 160 valence electrons. The summed E-state index contributed by atoms with van der Waals surface area (Å²) in [6.45, 7) is -3.01. The number of benzene rings is 2. The highest BCUT2D eigenvalue weighted by atomic mass is 35.5. The van der Waals surface area contributed by atoms with Crippen LogP contribution in [0.2, 0.25) is 5.02 Å². The van der Waals surface area contributed by atoms with Gasteiger partial charge in [-0.05, 0) is 48.2 Å². The molecule has 8 heteroatoms. The van der Waals surface area contributed by atoms with Crippen molar-refractivity contribution in [1.29, 1.82) is 0 Å². The largest absolute Gasteiger partial charge is 0.455 e. The molecule has 0 aliphatic heterocycles. The van der Waals surface area contributed by atoms with Crippen molar-refractivity contribution >= 4 is 23.5 Å². The lowest BCUT2D eigenvalue weighted by Crippen LogP contribution is -2.45. The van der Waals surface area contributed by atoms with Crippen molar-refractivity contribution < 1.29 is 27.8 Å². The van der Waals surface area contributed by atoms with Gasteiger partial charge in [-0.2, -0.15) is 8.78 Å². The lowest BCUT2D eigenvalue weighted by atomic mass is 9.64. The van der Waals surface area contributed by atoms with Crippen molar-refractivity contribution in [2.45, 2.75) is 37.8 Å². The maximum absolute atomic E-state index is 12.7. The molecule has 1 aliphatic carbocycles. The average Bonchev–Trinajstić information content (AvgIpc) is 2.67. The Morgan fingerprint density at radius 2 is 1.73 bits per heavy atom. The standard InChI is InChI=1S/C22H22ClF2NO4/c1-26(13-15-3-9-18(10-4-15)30-21(24)25)19(27)14-29-20(28)22(11-2-12-22)16-5-7-17(23)8-6-16/h3-10,21H,2,11-14H2,1H3. The van der Waals surface area contributed by atoms with Gasteiger partial charge in [0, 0.05) is 18.6 Å². The van der Waals surface area contributed by atoms with Gasteiger partial charge >= 0.3 is 12.6 Å². The number of rotatable bonds is 8. The van der Waals surface area contributed by atoms with Crippen molar-refractivity contribution in [3.05, 3.63) is 64.7 Å². The molecule has 1 amide bonds. The Morgan fingerprint density at radius 3 is 2.27 bits per heavy atom. The quantitative estimate of drug-likeness (QED) is 0.568. The predicted molar refractivity (Wildman–Crippen MR) is 107 cm³/mol. The van der Waals surface area contributed by atoms with Crippen LogP contribution in [0.4, 0.5) is 8.78 Å². The van der Waals surface area contributed by atoms with Gasteiger partial charge in [-0.1, -0.05) is 42.3 Å². The lowest BCUT2D eigenvalue weighted by Gasteiger charge is -2.39. The highest BCUT2D eigenvalue weighted by molar-refractivity contribution is 6.30. The number of hydrogen-bond donors (Lipinski definition) is 0. The molecule has 1 aliphatic rings. The molecule has 30 heavy (non-hydrogen) atoms. The van der Waals surface area contributed by atoms with Gasteiger partial charge in [-0.15, -0.1) is 0 Å². The molecule has 0 bridgehead atoms. The summed E-state index contributed by atoms with van der Waals surface area (Å²) in [5, 5.41) is 0.590. The zero-order chi connectivity index (χ0) is 21.7. The third kappa shape index (κ3) is 5.08. The molecular weight excluding hydrogens is 416 g/mol. The number of ether oxygens (including phenoxy) is 2. The maximum Gasteiger partial charge on any atom is 0.387 e. The molecule has 3 rings (SSSR count). The van der Waals surface area contributed by atoms with Crippen LogP contribution in [0.3, 0.4) is 0 Å². The summed E-state index contributed by atoms with van der Waals surface area (Å²) in [4.78, 5) is 26.5. The van der Waals surface area contributed by atoms with E-state index >= 15 is 0 Å². The minimum absolute atomic E-state index is 0.0460. The summed E-state index contributed by atoms with van der Waals surface area (Å²) in [5.41, 5.74) is 0.856. The van der Waals surface area contributed by atoms with Gasteiger partial charge < -0.3 is 14.4 Å². The molecule has 0 N–H and O–H groups in total. The molecule has 0 spiro atoms. The van der Waals surface area contributed by atoms with Crippen LogP contribution >= 0.6 is 11.6 Å². The second kappa shape index (κ2) is 9.43. The highest BCUT2D eigenvalue weighted by Gasteiger charge is 2.47. The molecule has 1 fully saturated rings. The van der Waals surface area contributed by atoms with E-state index in [1.165, 1.54) is 17.0 Å². The van der Waals surface area contributed by atoms with E-state index in [1.807, 2.05) is 12.1 Å². The molecule has 2 aromatic rings. The zero-order valence-corrected chi connectivity index (χ0v) is 17.2. The zero-order valence-electron chi connectivity index (χ0n) is 16.4. The van der Waals surface area contributed by atoms with Crippen LogP contribution in [0.5, 0.6) is 5.75 Å². The summed E-state index contributed by atoms with van der Waals surface area (Å²) in [6, 6.07) is 13.1. The summed E-state index contributed by atoms with van der Waals surface area (Å²) in [6.07, 6.45) is 2.26. The number of hydrogen-bond acceptors (Lipinski definition) is 4. The average molecular weight is 438 g/mol. The lowest BCUT2D eigenvalue weighted by molar-refractivity contribution is -0.160. The number of halogens is 3. The molecule has 1 saturated carbocycles. The van der Waals surface area contributed by atoms with E-state index in [9.17, 15) is 18.4 Å². The third-order valence-electron chi connectivity index (χ3n) is 5.32. The number of nitrogens with zero attached hydrogens (tertiary/aromatic N) is 1. The smallest absolute Gasteiger partial charge is 0.387 e. The minimum atomic E-state index is -2.89. The SMILES string of the molecule is CN(Cc1ccc(OC(F)F)cc1)C(=O)COC(=O)C1(c2ccc(Cl)cc2)CCC1. The normalized spacial score (nSPS) is 14.7. The predicted octanol–water partition coefficient (Wildman–Crippen LogP) is 4.56. The van der Waals surface area contributed by atoms with E-state index in [4.69, 9.17) is 16.3 Å². The molecule has 2 aromatic carbocycles. The molecule has 5 nitrogen and oxygen atoms in total. The fraction of sp³-hybridized carbons (Fsp3) is 0.364. The Hall–Kier alpha value is -2.67. The van der Waals surface area contributed by atoms with Crippen LogP contribution in [0.1, 0.15) is 30.4 Å². The minimum Gasteiger partial charge on any atom is -0.455 e. The van der Waals surface area contributed by atoms with E-state index in [0.717, 1.165) is 17.5 Å². The number of amides is 1. The number of esters is 1. The Bertz CT molecular complexity index is 883. The fourth-order valence-electron chi connectivity index (χ4n) is 3.42. The molecule has 0 radical (unpaired) electrons. The van der Waals surface area contributed by atoms with E-state index < -0.39 is 18.0 Å². The second-order valence-corrected chi connectivity index (χ2v) is 7.73. The summed E-state index contributed by atoms with van der Waals surface area (Å²) in [7, 11) is 1.58. The van der Waals surface area contributed by atoms with Crippen LogP contribution < -0.4 is 4.74 Å². The van der Waals surface area contributed by atoms with E-state index in [1.54, 1.807) is 31.3 Å². The van der Waals surface area contributed by atoms with E-state index in [0.29, 0.717) is 17.9 Å². The van der Waals surface area contributed by atoms with Crippen molar-refractivity contribution in [2.24, 2.45) is 0 Å². The first kappa shape index (κ1) is 22.0. The molecule has 0 heterocycles. The van der Waals surface area contributed by atoms with E-state index in [2.05, 4.69) is 4.74 Å². The number of carbonyl (C=O) groups is 2. The van der Waals surface area contributed by atoms with E-state index in [-0.39, 0.29) is 24.8 Å². The monoisotopic (exact) mass is 437 g/mol. The molecule has 0 unspecified atom stereocenters. The number of likely N-dealkylation sites (N-methyl/N-ethyl adjacent to an activating group) is 1. The number of alkyl halides is 2. The van der Waals surface area contributed by atoms with Crippen molar-refractivity contribution in [2.75, 3.05) is 13.7 Å². The van der Waals surface area contributed by atoms with Crippen LogP contribution in [0, 0.1) is 0 Å². The summed E-state index contributed by atoms with van der Waals surface area (Å²) < 4.78 is 34.1. The Kier molecular flexibility index (Phi) is 6.92. The first-order valence-electron chi connectivity index (χ1n) is 9.51. The van der Waals surface area contributed by atoms with Gasteiger partial charge in [0.15, 0.2) is 6.61 Å². The molecule has 0 atom stereocenters. The maximum atomic E-state index is 12.7. The van der Waals surface area contributed by atoms with Crippen LogP contribution in [-0.4, -0.2) is 37.0 Å². The van der Waals surface area contributed by atoms with Gasteiger partial charge in [-0.25, -0.2) is 0 Å². The fourth-order valence-corrected chi connectivity index (χ4v) is 3.55. The van der Waals surface area contributed by atoms with Crippen molar-refractivity contribution in [3.63, 3.8) is 0 Å².